The van der Waals surface area contributed by atoms with Gasteiger partial charge in [-0.3, -0.25) is 9.59 Å². The normalized spacial score (nSPS) is 10.2. The van der Waals surface area contributed by atoms with Crippen LogP contribution in [-0.2, 0) is 16.0 Å². The summed E-state index contributed by atoms with van der Waals surface area (Å²) in [7, 11) is 0. The molecule has 24 heavy (non-hydrogen) atoms. The fourth-order valence-corrected chi connectivity index (χ4v) is 2.36. The van der Waals surface area contributed by atoms with Gasteiger partial charge in [-0.15, -0.1) is 0 Å². The van der Waals surface area contributed by atoms with E-state index in [0.29, 0.717) is 45.3 Å². The molecule has 0 heterocycles. The number of carboxylic acids is 1. The van der Waals surface area contributed by atoms with Crippen molar-refractivity contribution in [2.24, 2.45) is 0 Å². The summed E-state index contributed by atoms with van der Waals surface area (Å²) in [5.74, 6) is -0.904. The maximum Gasteiger partial charge on any atom is 0.335 e. The van der Waals surface area contributed by atoms with E-state index in [4.69, 9.17) is 5.11 Å². The van der Waals surface area contributed by atoms with Crippen molar-refractivity contribution in [1.29, 1.82) is 0 Å². The molecule has 0 bridgehead atoms. The maximum atomic E-state index is 11.8. The summed E-state index contributed by atoms with van der Waals surface area (Å²) in [6, 6.07) is 6.52. The van der Waals surface area contributed by atoms with E-state index >= 15 is 0 Å². The molecule has 0 unspecified atom stereocenters. The SMILES string of the molecule is CCN(CC)C(=O)CCCNC(=O)CCc1ccc(C(=O)O)cc1. The topological polar surface area (TPSA) is 86.7 Å². The van der Waals surface area contributed by atoms with Gasteiger partial charge in [-0.1, -0.05) is 12.1 Å². The first-order valence-corrected chi connectivity index (χ1v) is 8.34. The summed E-state index contributed by atoms with van der Waals surface area (Å²) in [5, 5.41) is 11.6. The van der Waals surface area contributed by atoms with Crippen LogP contribution in [0.4, 0.5) is 0 Å². The molecule has 0 aliphatic heterocycles. The van der Waals surface area contributed by atoms with Crippen molar-refractivity contribution >= 4 is 17.8 Å². The van der Waals surface area contributed by atoms with Gasteiger partial charge in [-0.2, -0.15) is 0 Å². The lowest BCUT2D eigenvalue weighted by molar-refractivity contribution is -0.131. The van der Waals surface area contributed by atoms with Gasteiger partial charge in [0.25, 0.3) is 0 Å². The second kappa shape index (κ2) is 10.4. The molecule has 0 spiro atoms. The van der Waals surface area contributed by atoms with E-state index in [1.54, 1.807) is 17.0 Å². The summed E-state index contributed by atoms with van der Waals surface area (Å²) < 4.78 is 0. The molecular weight excluding hydrogens is 308 g/mol. The Kier molecular flexibility index (Phi) is 8.54. The van der Waals surface area contributed by atoms with Gasteiger partial charge in [-0.25, -0.2) is 4.79 Å². The fraction of sp³-hybridized carbons (Fsp3) is 0.500. The number of carbonyl (C=O) groups excluding carboxylic acids is 2. The molecule has 2 N–H and O–H groups in total. The average molecular weight is 334 g/mol. The van der Waals surface area contributed by atoms with E-state index in [-0.39, 0.29) is 17.4 Å². The zero-order valence-corrected chi connectivity index (χ0v) is 14.4. The number of benzene rings is 1. The Morgan fingerprint density at radius 1 is 1.04 bits per heavy atom. The minimum absolute atomic E-state index is 0.0624. The molecule has 6 nitrogen and oxygen atoms in total. The molecule has 132 valence electrons. The standard InChI is InChI=1S/C18H26N2O4/c1-3-20(4-2)17(22)6-5-13-19-16(21)12-9-14-7-10-15(11-8-14)18(23)24/h7-8,10-11H,3-6,9,12-13H2,1-2H3,(H,19,21)(H,23,24). The molecule has 0 atom stereocenters. The highest BCUT2D eigenvalue weighted by Crippen LogP contribution is 2.07. The van der Waals surface area contributed by atoms with Gasteiger partial charge < -0.3 is 15.3 Å². The highest BCUT2D eigenvalue weighted by Gasteiger charge is 2.09. The van der Waals surface area contributed by atoms with E-state index in [0.717, 1.165) is 5.56 Å². The second-order valence-corrected chi connectivity index (χ2v) is 5.52. The summed E-state index contributed by atoms with van der Waals surface area (Å²) in [5.41, 5.74) is 1.16. The van der Waals surface area contributed by atoms with Crippen molar-refractivity contribution in [3.05, 3.63) is 35.4 Å². The van der Waals surface area contributed by atoms with E-state index in [1.807, 2.05) is 13.8 Å². The van der Waals surface area contributed by atoms with Crippen LogP contribution < -0.4 is 5.32 Å². The van der Waals surface area contributed by atoms with Crippen LogP contribution in [0.25, 0.3) is 0 Å². The van der Waals surface area contributed by atoms with Crippen LogP contribution in [0.2, 0.25) is 0 Å². The van der Waals surface area contributed by atoms with Crippen LogP contribution in [0.3, 0.4) is 0 Å². The van der Waals surface area contributed by atoms with E-state index in [9.17, 15) is 14.4 Å². The third-order valence-electron chi connectivity index (χ3n) is 3.85. The van der Waals surface area contributed by atoms with Gasteiger partial charge in [0.05, 0.1) is 5.56 Å². The molecule has 0 saturated carbocycles. The van der Waals surface area contributed by atoms with Crippen molar-refractivity contribution in [3.63, 3.8) is 0 Å². The van der Waals surface area contributed by atoms with Crippen molar-refractivity contribution in [3.8, 4) is 0 Å². The number of nitrogens with zero attached hydrogens (tertiary/aromatic N) is 1. The van der Waals surface area contributed by atoms with Gasteiger partial charge in [0.15, 0.2) is 0 Å². The molecule has 1 rings (SSSR count). The third-order valence-corrected chi connectivity index (χ3v) is 3.85. The lowest BCUT2D eigenvalue weighted by atomic mass is 10.1. The minimum Gasteiger partial charge on any atom is -0.478 e. The largest absolute Gasteiger partial charge is 0.478 e. The zero-order valence-electron chi connectivity index (χ0n) is 14.4. The summed E-state index contributed by atoms with van der Waals surface area (Å²) in [4.78, 5) is 36.1. The maximum absolute atomic E-state index is 11.8. The molecule has 1 aromatic carbocycles. The molecule has 2 amide bonds. The summed E-state index contributed by atoms with van der Waals surface area (Å²) >= 11 is 0. The molecule has 0 saturated heterocycles. The Morgan fingerprint density at radius 3 is 2.21 bits per heavy atom. The third kappa shape index (κ3) is 6.81. The number of aryl methyl sites for hydroxylation is 1. The number of rotatable bonds is 10. The monoisotopic (exact) mass is 334 g/mol. The Labute approximate surface area is 142 Å². The molecule has 0 fully saturated rings. The smallest absolute Gasteiger partial charge is 0.335 e. The van der Waals surface area contributed by atoms with E-state index < -0.39 is 5.97 Å². The molecule has 0 aromatic heterocycles. The molecule has 6 heteroatoms. The van der Waals surface area contributed by atoms with Crippen LogP contribution in [0.5, 0.6) is 0 Å². The molecular formula is C18H26N2O4. The second-order valence-electron chi connectivity index (χ2n) is 5.52. The Balaban J connectivity index is 2.22. The van der Waals surface area contributed by atoms with E-state index in [2.05, 4.69) is 5.32 Å². The number of hydrogen-bond acceptors (Lipinski definition) is 3. The van der Waals surface area contributed by atoms with Crippen molar-refractivity contribution in [2.75, 3.05) is 19.6 Å². The van der Waals surface area contributed by atoms with Gasteiger partial charge in [0.1, 0.15) is 0 Å². The van der Waals surface area contributed by atoms with Crippen molar-refractivity contribution in [1.82, 2.24) is 10.2 Å². The van der Waals surface area contributed by atoms with Crippen LogP contribution in [0.1, 0.15) is 49.0 Å². The van der Waals surface area contributed by atoms with Crippen LogP contribution >= 0.6 is 0 Å². The average Bonchev–Trinajstić information content (AvgIpc) is 2.58. The molecule has 0 aliphatic rings. The van der Waals surface area contributed by atoms with Gasteiger partial charge in [-0.05, 0) is 44.4 Å². The first-order chi connectivity index (χ1) is 11.5. The number of carbonyl (C=O) groups is 3. The highest BCUT2D eigenvalue weighted by molar-refractivity contribution is 5.87. The van der Waals surface area contributed by atoms with Gasteiger partial charge in [0.2, 0.25) is 11.8 Å². The number of aromatic carboxylic acids is 1. The first-order valence-electron chi connectivity index (χ1n) is 8.34. The number of hydrogen-bond donors (Lipinski definition) is 2. The van der Waals surface area contributed by atoms with Crippen LogP contribution in [-0.4, -0.2) is 47.4 Å². The quantitative estimate of drug-likeness (QED) is 0.641. The molecule has 1 aromatic rings. The lowest BCUT2D eigenvalue weighted by Gasteiger charge is -2.18. The van der Waals surface area contributed by atoms with Crippen molar-refractivity contribution in [2.45, 2.75) is 39.5 Å². The summed E-state index contributed by atoms with van der Waals surface area (Å²) in [6.07, 6.45) is 1.98. The predicted molar refractivity (Wildman–Crippen MR) is 91.9 cm³/mol. The first kappa shape index (κ1) is 19.7. The van der Waals surface area contributed by atoms with Gasteiger partial charge in [0, 0.05) is 32.5 Å². The fourth-order valence-electron chi connectivity index (χ4n) is 2.36. The minimum atomic E-state index is -0.960. The number of amides is 2. The molecule has 0 radical (unpaired) electrons. The van der Waals surface area contributed by atoms with Gasteiger partial charge >= 0.3 is 5.97 Å². The van der Waals surface area contributed by atoms with Crippen LogP contribution in [0, 0.1) is 0 Å². The van der Waals surface area contributed by atoms with E-state index in [1.165, 1.54) is 12.1 Å². The predicted octanol–water partition coefficient (Wildman–Crippen LogP) is 2.08. The summed E-state index contributed by atoms with van der Waals surface area (Å²) in [6.45, 7) is 5.81. The number of carboxylic acid groups (broad SMARTS) is 1. The Bertz CT molecular complexity index is 551. The number of nitrogens with one attached hydrogen (secondary N) is 1. The zero-order chi connectivity index (χ0) is 17.9. The van der Waals surface area contributed by atoms with Crippen LogP contribution in [0.15, 0.2) is 24.3 Å². The Morgan fingerprint density at radius 2 is 1.67 bits per heavy atom. The highest BCUT2D eigenvalue weighted by atomic mass is 16.4. The van der Waals surface area contributed by atoms with Crippen molar-refractivity contribution < 1.29 is 19.5 Å². The molecule has 0 aliphatic carbocycles. The lowest BCUT2D eigenvalue weighted by Crippen LogP contribution is -2.31. The Hall–Kier alpha value is -2.37.